The van der Waals surface area contributed by atoms with Gasteiger partial charge in [-0.15, -0.1) is 0 Å². The number of aliphatic hydroxyl groups excluding tert-OH is 1. The van der Waals surface area contributed by atoms with Gasteiger partial charge in [0.25, 0.3) is 0 Å². The largest absolute Gasteiger partial charge is 0.481 e. The zero-order chi connectivity index (χ0) is 38.7. The van der Waals surface area contributed by atoms with Crippen LogP contribution in [0.5, 0.6) is 0 Å². The molecule has 2 saturated heterocycles. The molecule has 10 nitrogen and oxygen atoms in total. The first kappa shape index (κ1) is 41.2. The number of nitrogens with one attached hydrogen (secondary N) is 3. The number of aliphatic hydroxyl groups is 2. The van der Waals surface area contributed by atoms with Gasteiger partial charge in [0.1, 0.15) is 0 Å². The van der Waals surface area contributed by atoms with Gasteiger partial charge in [-0.05, 0) is 120 Å². The van der Waals surface area contributed by atoms with Gasteiger partial charge in [0.05, 0.1) is 31.0 Å². The predicted octanol–water partition coefficient (Wildman–Crippen LogP) is 5.77. The standard InChI is InChI=1S/C45H74N6O4/c1-32-38(52)26-37(51-23-22-47-31-51)36(49-32)14-13-33-11-9-17-43(15-6-7-16-43)20-21-44(55,29-41(53)54)30-48-42(2)27-39(50-40(46)28-42)45(18-4-3-5-19-45)35-12-8-10-34(24-33)25-35/h8,10,12,22,25,32-33,36-40,48-50,52,55H,3-7,9,11,13-21,23-24,26-31,46H2,1-2H3,(H,53,54)/t32-,33+,36+,37-,38+,39+,40-,42-,44+/m0/s1. The molecule has 55 heavy (non-hydrogen) atoms. The number of rotatable bonds is 6. The molecule has 8 N–H and O–H groups in total. The van der Waals surface area contributed by atoms with E-state index in [9.17, 15) is 20.1 Å². The highest BCUT2D eigenvalue weighted by molar-refractivity contribution is 5.68. The molecule has 2 spiro atoms. The van der Waals surface area contributed by atoms with Crippen molar-refractivity contribution in [2.45, 2.75) is 202 Å². The zero-order valence-corrected chi connectivity index (χ0v) is 34.1. The van der Waals surface area contributed by atoms with Gasteiger partial charge in [-0.3, -0.25) is 20.0 Å². The van der Waals surface area contributed by atoms with Crippen molar-refractivity contribution < 1.29 is 20.1 Å². The lowest BCUT2D eigenvalue weighted by Crippen LogP contribution is -2.67. The maximum Gasteiger partial charge on any atom is 0.306 e. The summed E-state index contributed by atoms with van der Waals surface area (Å²) in [7, 11) is 0. The molecule has 0 radical (unpaired) electrons. The third-order valence-corrected chi connectivity index (χ3v) is 15.7. The van der Waals surface area contributed by atoms with Crippen LogP contribution in [0, 0.1) is 11.3 Å². The minimum atomic E-state index is -1.31. The summed E-state index contributed by atoms with van der Waals surface area (Å²) in [5.74, 6) is -0.399. The number of aliphatic imine (C=N–C) groups is 1. The molecule has 1 aromatic carbocycles. The van der Waals surface area contributed by atoms with Gasteiger partial charge >= 0.3 is 5.97 Å². The molecule has 10 heteroatoms. The van der Waals surface area contributed by atoms with Crippen molar-refractivity contribution in [1.82, 2.24) is 20.9 Å². The third-order valence-electron chi connectivity index (χ3n) is 15.7. The van der Waals surface area contributed by atoms with Crippen molar-refractivity contribution >= 4 is 12.2 Å². The molecule has 308 valence electrons. The fourth-order valence-electron chi connectivity index (χ4n) is 12.4. The van der Waals surface area contributed by atoms with Crippen LogP contribution >= 0.6 is 0 Å². The van der Waals surface area contributed by atoms with E-state index in [1.54, 1.807) is 0 Å². The molecule has 2 saturated carbocycles. The number of carboxylic acids is 1. The summed E-state index contributed by atoms with van der Waals surface area (Å²) in [5, 5.41) is 44.6. The highest BCUT2D eigenvalue weighted by atomic mass is 16.4. The molecule has 9 atom stereocenters. The number of carbonyl (C=O) groups is 1. The second-order valence-corrected chi connectivity index (χ2v) is 19.8. The number of hydrogen-bond acceptors (Lipinski definition) is 9. The van der Waals surface area contributed by atoms with Crippen molar-refractivity contribution in [2.24, 2.45) is 22.1 Å². The number of nitrogens with zero attached hydrogens (tertiary/aromatic N) is 2. The maximum absolute atomic E-state index is 12.2. The minimum Gasteiger partial charge on any atom is -0.481 e. The SMILES string of the molecule is C[C@@H]1N[C@H](CC[C@H]2CCCC3(CCCC3)CC[C@@](O)(CC(=O)O)CN[C@]3(C)C[C@@H](N)N[C@H](C3)C3(CCCCC3)c3cccc(c3)C2)[C@@H](N2CC=NC2)C[C@H]1O. The fraction of sp³-hybridized carbons (Fsp3) is 0.822. The zero-order valence-electron chi connectivity index (χ0n) is 34.1. The van der Waals surface area contributed by atoms with Crippen molar-refractivity contribution in [3.05, 3.63) is 35.4 Å². The molecule has 0 aromatic heterocycles. The molecule has 6 aliphatic rings. The molecule has 2 aliphatic carbocycles. The van der Waals surface area contributed by atoms with Crippen LogP contribution in [0.3, 0.4) is 0 Å². The van der Waals surface area contributed by atoms with E-state index in [-0.39, 0.29) is 59.7 Å². The van der Waals surface area contributed by atoms with Crippen molar-refractivity contribution in [1.29, 1.82) is 0 Å². The number of benzene rings is 1. The Hall–Kier alpha value is -1.92. The highest BCUT2D eigenvalue weighted by Gasteiger charge is 2.49. The molecule has 4 fully saturated rings. The van der Waals surface area contributed by atoms with E-state index >= 15 is 0 Å². The first-order chi connectivity index (χ1) is 26.4. The quantitative estimate of drug-likeness (QED) is 0.192. The van der Waals surface area contributed by atoms with Gasteiger partial charge in [-0.25, -0.2) is 0 Å². The first-order valence-electron chi connectivity index (χ1n) is 22.3. The Morgan fingerprint density at radius 1 is 0.982 bits per heavy atom. The van der Waals surface area contributed by atoms with E-state index in [1.165, 1.54) is 56.1 Å². The summed E-state index contributed by atoms with van der Waals surface area (Å²) in [6, 6.07) is 10.5. The van der Waals surface area contributed by atoms with E-state index in [0.29, 0.717) is 18.4 Å². The van der Waals surface area contributed by atoms with Crippen molar-refractivity contribution in [3.8, 4) is 0 Å². The highest BCUT2D eigenvalue weighted by Crippen LogP contribution is 2.49. The number of hydrogen-bond donors (Lipinski definition) is 7. The number of carboxylic acid groups (broad SMARTS) is 1. The Labute approximate surface area is 331 Å². The number of piperidine rings is 2. The van der Waals surface area contributed by atoms with E-state index in [1.807, 2.05) is 6.21 Å². The number of fused-ring (bicyclic) bond motifs is 6. The van der Waals surface area contributed by atoms with E-state index in [4.69, 9.17) is 5.73 Å². The van der Waals surface area contributed by atoms with Gasteiger partial charge in [0, 0.05) is 54.4 Å². The normalized spacial score (nSPS) is 38.8. The summed E-state index contributed by atoms with van der Waals surface area (Å²) in [5.41, 5.74) is 8.26. The Morgan fingerprint density at radius 2 is 1.75 bits per heavy atom. The summed E-state index contributed by atoms with van der Waals surface area (Å²) >= 11 is 0. The second-order valence-electron chi connectivity index (χ2n) is 19.8. The average molecular weight is 763 g/mol. The second kappa shape index (κ2) is 17.5. The summed E-state index contributed by atoms with van der Waals surface area (Å²) < 4.78 is 0. The molecule has 4 heterocycles. The van der Waals surface area contributed by atoms with E-state index < -0.39 is 11.6 Å². The van der Waals surface area contributed by atoms with Crippen LogP contribution in [0.25, 0.3) is 0 Å². The molecular weight excluding hydrogens is 689 g/mol. The Balaban J connectivity index is 1.20. The van der Waals surface area contributed by atoms with Crippen molar-refractivity contribution in [2.75, 3.05) is 19.8 Å². The maximum atomic E-state index is 12.2. The van der Waals surface area contributed by atoms with Gasteiger partial charge < -0.3 is 31.7 Å². The molecule has 0 unspecified atom stereocenters. The van der Waals surface area contributed by atoms with Crippen LogP contribution in [0.2, 0.25) is 0 Å². The predicted molar refractivity (Wildman–Crippen MR) is 220 cm³/mol. The molecule has 7 rings (SSSR count). The lowest BCUT2D eigenvalue weighted by molar-refractivity contribution is -0.143. The van der Waals surface area contributed by atoms with Crippen LogP contribution in [-0.2, 0) is 16.6 Å². The Kier molecular flexibility index (Phi) is 13.1. The smallest absolute Gasteiger partial charge is 0.306 e. The number of aliphatic carboxylic acids is 1. The third kappa shape index (κ3) is 9.86. The fourth-order valence-corrected chi connectivity index (χ4v) is 12.4. The Morgan fingerprint density at radius 3 is 2.49 bits per heavy atom. The van der Waals surface area contributed by atoms with Crippen LogP contribution < -0.4 is 21.7 Å². The molecule has 0 amide bonds. The lowest BCUT2D eigenvalue weighted by Gasteiger charge is -2.53. The first-order valence-corrected chi connectivity index (χ1v) is 22.3. The van der Waals surface area contributed by atoms with Crippen LogP contribution in [0.4, 0.5) is 0 Å². The molecule has 4 bridgehead atoms. The van der Waals surface area contributed by atoms with Gasteiger partial charge in [-0.2, -0.15) is 0 Å². The van der Waals surface area contributed by atoms with Gasteiger partial charge in [0.15, 0.2) is 0 Å². The monoisotopic (exact) mass is 763 g/mol. The molecule has 4 aliphatic heterocycles. The van der Waals surface area contributed by atoms with Crippen LogP contribution in [0.15, 0.2) is 29.3 Å². The van der Waals surface area contributed by atoms with Gasteiger partial charge in [-0.1, -0.05) is 69.2 Å². The number of β-amino-alcohol motifs (C(OH)–C–C–N with tert-alkyl or cyclic N) is 1. The minimum absolute atomic E-state index is 0.0313. The van der Waals surface area contributed by atoms with Crippen molar-refractivity contribution in [3.63, 3.8) is 0 Å². The summed E-state index contributed by atoms with van der Waals surface area (Å²) in [4.78, 5) is 19.2. The number of nitrogens with two attached hydrogens (primary N) is 1. The van der Waals surface area contributed by atoms with Crippen LogP contribution in [-0.4, -0.2) is 99.7 Å². The Bertz CT molecular complexity index is 1450. The molecule has 1 aromatic rings. The summed E-state index contributed by atoms with van der Waals surface area (Å²) in [6.45, 7) is 6.23. The van der Waals surface area contributed by atoms with E-state index in [2.05, 4.69) is 64.0 Å². The average Bonchev–Trinajstić information content (AvgIpc) is 3.87. The topological polar surface area (TPSA) is 155 Å². The summed E-state index contributed by atoms with van der Waals surface area (Å²) in [6.07, 6.45) is 22.5. The van der Waals surface area contributed by atoms with Crippen LogP contribution in [0.1, 0.15) is 153 Å². The van der Waals surface area contributed by atoms with E-state index in [0.717, 1.165) is 90.3 Å². The lowest BCUT2D eigenvalue weighted by atomic mass is 9.61. The molecular formula is C45H74N6O4. The van der Waals surface area contributed by atoms with Gasteiger partial charge in [0.2, 0.25) is 0 Å².